The minimum atomic E-state index is -0.522. The molecule has 1 fully saturated rings. The Bertz CT molecular complexity index is 1520. The van der Waals surface area contributed by atoms with Crippen molar-refractivity contribution in [2.24, 2.45) is 7.05 Å². The molecular weight excluding hydrogens is 540 g/mol. The minimum absolute atomic E-state index is 0.0152. The molecule has 0 atom stereocenters. The number of benzene rings is 1. The first kappa shape index (κ1) is 28.2. The van der Waals surface area contributed by atoms with E-state index in [2.05, 4.69) is 42.4 Å². The summed E-state index contributed by atoms with van der Waals surface area (Å²) >= 11 is 1.78. The normalized spacial score (nSPS) is 13.0. The molecule has 1 aliphatic rings. The quantitative estimate of drug-likeness (QED) is 0.281. The van der Waals surface area contributed by atoms with E-state index in [0.29, 0.717) is 29.8 Å². The topological polar surface area (TPSA) is 122 Å². The first-order chi connectivity index (χ1) is 20.1. The van der Waals surface area contributed by atoms with Gasteiger partial charge in [0.05, 0.1) is 11.9 Å². The molecule has 0 bridgehead atoms. The summed E-state index contributed by atoms with van der Waals surface area (Å²) in [5.74, 6) is 8.15. The Morgan fingerprint density at radius 1 is 1.20 bits per heavy atom. The highest BCUT2D eigenvalue weighted by Crippen LogP contribution is 2.35. The lowest BCUT2D eigenvalue weighted by Gasteiger charge is -2.13. The number of nitrogens with one attached hydrogen (secondary N) is 1. The molecule has 0 radical (unpaired) electrons. The second kappa shape index (κ2) is 13.8. The molecule has 11 nitrogen and oxygen atoms in total. The van der Waals surface area contributed by atoms with Crippen LogP contribution in [0.2, 0.25) is 0 Å². The SMILES string of the molecule is Cc1cc(OCc2nnc(SC3CCCC3)n2-c2cccnc2)ccc1C#CCOC(=O)NCCc1ncnn1C. The minimum Gasteiger partial charge on any atom is -0.486 e. The Morgan fingerprint density at radius 3 is 2.83 bits per heavy atom. The van der Waals surface area contributed by atoms with E-state index in [1.807, 2.05) is 48.0 Å². The molecule has 1 N–H and O–H groups in total. The number of alkyl carbamates (subject to hydrolysis) is 1. The molecule has 3 heterocycles. The van der Waals surface area contributed by atoms with E-state index in [0.717, 1.165) is 27.8 Å². The van der Waals surface area contributed by atoms with Crippen LogP contribution in [-0.2, 0) is 24.8 Å². The summed E-state index contributed by atoms with van der Waals surface area (Å²) < 4.78 is 15.0. The van der Waals surface area contributed by atoms with E-state index in [4.69, 9.17) is 9.47 Å². The van der Waals surface area contributed by atoms with Crippen molar-refractivity contribution in [2.75, 3.05) is 13.2 Å². The third kappa shape index (κ3) is 7.64. The number of aromatic nitrogens is 7. The molecule has 1 amide bonds. The summed E-state index contributed by atoms with van der Waals surface area (Å²) in [7, 11) is 1.81. The molecular formula is C29H32N8O3S. The molecule has 1 aromatic carbocycles. The van der Waals surface area contributed by atoms with Crippen molar-refractivity contribution < 1.29 is 14.3 Å². The van der Waals surface area contributed by atoms with E-state index >= 15 is 0 Å². The van der Waals surface area contributed by atoms with Crippen molar-refractivity contribution in [3.8, 4) is 23.3 Å². The van der Waals surface area contributed by atoms with Crippen LogP contribution in [0.1, 0.15) is 48.5 Å². The molecule has 0 saturated heterocycles. The van der Waals surface area contributed by atoms with Crippen LogP contribution < -0.4 is 10.1 Å². The second-order valence-electron chi connectivity index (χ2n) is 9.59. The van der Waals surface area contributed by atoms with Gasteiger partial charge in [-0.1, -0.05) is 36.4 Å². The number of ether oxygens (including phenoxy) is 2. The largest absolute Gasteiger partial charge is 0.486 e. The smallest absolute Gasteiger partial charge is 0.408 e. The average Bonchev–Trinajstić information content (AvgIpc) is 3.74. The fraction of sp³-hybridized carbons (Fsp3) is 0.379. The van der Waals surface area contributed by atoms with Crippen LogP contribution in [0.25, 0.3) is 5.69 Å². The van der Waals surface area contributed by atoms with Crippen molar-refractivity contribution >= 4 is 17.9 Å². The Labute approximate surface area is 243 Å². The van der Waals surface area contributed by atoms with Gasteiger partial charge in [0.2, 0.25) is 0 Å². The molecule has 0 spiro atoms. The number of carbonyl (C=O) groups excluding carboxylic acids is 1. The van der Waals surface area contributed by atoms with Gasteiger partial charge in [-0.3, -0.25) is 14.2 Å². The van der Waals surface area contributed by atoms with Crippen molar-refractivity contribution in [1.29, 1.82) is 0 Å². The summed E-state index contributed by atoms with van der Waals surface area (Å²) in [5.41, 5.74) is 2.70. The van der Waals surface area contributed by atoms with Crippen LogP contribution in [0.5, 0.6) is 5.75 Å². The Morgan fingerprint density at radius 2 is 2.07 bits per heavy atom. The lowest BCUT2D eigenvalue weighted by Crippen LogP contribution is -2.27. The summed E-state index contributed by atoms with van der Waals surface area (Å²) in [6.07, 6.45) is 10.0. The summed E-state index contributed by atoms with van der Waals surface area (Å²) in [6.45, 7) is 2.61. The molecule has 3 aromatic heterocycles. The molecule has 12 heteroatoms. The standard InChI is InChI=1S/C29H32N8O3S/c1-21-17-24(12-11-22(21)7-6-16-39-29(38)31-15-13-26-32-20-33-36(26)2)40-19-27-34-35-28(41-25-9-3-4-10-25)37(27)23-8-5-14-30-18-23/h5,8,11-12,14,17-18,20,25H,3-4,9-10,13,15-16,19H2,1-2H3,(H,31,38). The predicted octanol–water partition coefficient (Wildman–Crippen LogP) is 4.03. The zero-order chi connectivity index (χ0) is 28.4. The number of nitrogens with zero attached hydrogens (tertiary/aromatic N) is 7. The highest BCUT2D eigenvalue weighted by atomic mass is 32.2. The van der Waals surface area contributed by atoms with Crippen LogP contribution >= 0.6 is 11.8 Å². The Balaban J connectivity index is 1.14. The lowest BCUT2D eigenvalue weighted by molar-refractivity contribution is 0.160. The Hall–Kier alpha value is -4.37. The van der Waals surface area contributed by atoms with Crippen LogP contribution in [-0.4, -0.2) is 59.0 Å². The fourth-order valence-electron chi connectivity index (χ4n) is 4.49. The number of rotatable bonds is 10. The molecule has 4 aromatic rings. The molecule has 5 rings (SSSR count). The first-order valence-corrected chi connectivity index (χ1v) is 14.4. The maximum Gasteiger partial charge on any atom is 0.408 e. The third-order valence-electron chi connectivity index (χ3n) is 6.67. The molecule has 41 heavy (non-hydrogen) atoms. The van der Waals surface area contributed by atoms with E-state index < -0.39 is 6.09 Å². The van der Waals surface area contributed by atoms with Crippen LogP contribution in [0.15, 0.2) is 54.2 Å². The summed E-state index contributed by atoms with van der Waals surface area (Å²) in [4.78, 5) is 20.3. The van der Waals surface area contributed by atoms with E-state index in [1.165, 1.54) is 32.0 Å². The Kier molecular flexibility index (Phi) is 9.49. The van der Waals surface area contributed by atoms with Gasteiger partial charge in [-0.25, -0.2) is 9.78 Å². The molecule has 1 aliphatic carbocycles. The zero-order valence-electron chi connectivity index (χ0n) is 23.1. The van der Waals surface area contributed by atoms with Gasteiger partial charge in [0.25, 0.3) is 0 Å². The number of amides is 1. The van der Waals surface area contributed by atoms with Gasteiger partial charge in [0, 0.05) is 37.0 Å². The van der Waals surface area contributed by atoms with Crippen LogP contribution in [0.4, 0.5) is 4.79 Å². The third-order valence-corrected chi connectivity index (χ3v) is 7.95. The molecule has 212 valence electrons. The van der Waals surface area contributed by atoms with Crippen molar-refractivity contribution in [2.45, 2.75) is 56.0 Å². The van der Waals surface area contributed by atoms with Gasteiger partial charge >= 0.3 is 6.09 Å². The van der Waals surface area contributed by atoms with E-state index in [9.17, 15) is 4.79 Å². The summed E-state index contributed by atoms with van der Waals surface area (Å²) in [6, 6.07) is 9.61. The molecule has 0 unspecified atom stereocenters. The number of thioether (sulfide) groups is 1. The zero-order valence-corrected chi connectivity index (χ0v) is 23.9. The highest BCUT2D eigenvalue weighted by molar-refractivity contribution is 7.99. The number of hydrogen-bond acceptors (Lipinski definition) is 9. The second-order valence-corrected chi connectivity index (χ2v) is 10.9. The van der Waals surface area contributed by atoms with Crippen molar-refractivity contribution in [3.05, 3.63) is 71.8 Å². The van der Waals surface area contributed by atoms with Gasteiger partial charge in [0.1, 0.15) is 24.5 Å². The van der Waals surface area contributed by atoms with Gasteiger partial charge in [-0.2, -0.15) is 5.10 Å². The van der Waals surface area contributed by atoms with Gasteiger partial charge in [0.15, 0.2) is 17.6 Å². The van der Waals surface area contributed by atoms with Gasteiger partial charge in [-0.05, 0) is 55.7 Å². The molecule has 1 saturated carbocycles. The first-order valence-electron chi connectivity index (χ1n) is 13.5. The highest BCUT2D eigenvalue weighted by Gasteiger charge is 2.22. The van der Waals surface area contributed by atoms with E-state index in [-0.39, 0.29) is 13.2 Å². The van der Waals surface area contributed by atoms with Gasteiger partial charge < -0.3 is 14.8 Å². The summed E-state index contributed by atoms with van der Waals surface area (Å²) in [5, 5.41) is 17.1. The average molecular weight is 573 g/mol. The van der Waals surface area contributed by atoms with Gasteiger partial charge in [-0.15, -0.1) is 10.2 Å². The fourth-order valence-corrected chi connectivity index (χ4v) is 5.76. The van der Waals surface area contributed by atoms with Crippen molar-refractivity contribution in [3.63, 3.8) is 0 Å². The number of hydrogen-bond donors (Lipinski definition) is 1. The monoisotopic (exact) mass is 572 g/mol. The molecule has 0 aliphatic heterocycles. The van der Waals surface area contributed by atoms with Crippen LogP contribution in [0.3, 0.4) is 0 Å². The lowest BCUT2D eigenvalue weighted by atomic mass is 10.1. The number of carbonyl (C=O) groups is 1. The van der Waals surface area contributed by atoms with E-state index in [1.54, 1.807) is 29.7 Å². The number of aryl methyl sites for hydroxylation is 2. The van der Waals surface area contributed by atoms with Crippen molar-refractivity contribution in [1.82, 2.24) is 39.8 Å². The predicted molar refractivity (Wildman–Crippen MR) is 154 cm³/mol. The maximum absolute atomic E-state index is 11.9. The number of pyridine rings is 1. The van der Waals surface area contributed by atoms with Crippen LogP contribution in [0, 0.1) is 18.8 Å². The maximum atomic E-state index is 11.9.